The number of pyridine rings is 1. The van der Waals surface area contributed by atoms with Crippen molar-refractivity contribution in [3.63, 3.8) is 0 Å². The van der Waals surface area contributed by atoms with E-state index in [1.807, 2.05) is 19.2 Å². The van der Waals surface area contributed by atoms with Gasteiger partial charge in [0.2, 0.25) is 0 Å². The van der Waals surface area contributed by atoms with E-state index in [0.29, 0.717) is 5.02 Å². The molecule has 2 heterocycles. The smallest absolute Gasteiger partial charge is 0.166 e. The molecule has 2 aromatic rings. The fourth-order valence-electron chi connectivity index (χ4n) is 1.86. The van der Waals surface area contributed by atoms with Crippen molar-refractivity contribution in [3.05, 3.63) is 43.9 Å². The monoisotopic (exact) mass is 343 g/mol. The predicted molar refractivity (Wildman–Crippen MR) is 84.5 cm³/mol. The zero-order chi connectivity index (χ0) is 15.6. The Bertz CT molecular complexity index is 694. The molecule has 0 radical (unpaired) electrons. The van der Waals surface area contributed by atoms with E-state index in [1.165, 1.54) is 11.3 Å². The Morgan fingerprint density at radius 1 is 1.43 bits per heavy atom. The van der Waals surface area contributed by atoms with Gasteiger partial charge in [0.1, 0.15) is 11.2 Å². The average Bonchev–Trinajstić information content (AvgIpc) is 2.84. The largest absolute Gasteiger partial charge is 0.360 e. The fraction of sp³-hybridized carbons (Fsp3) is 0.286. The van der Waals surface area contributed by atoms with Gasteiger partial charge in [-0.1, -0.05) is 37.0 Å². The maximum atomic E-state index is 14.0. The Kier molecular flexibility index (Phi) is 5.04. The molecule has 0 fully saturated rings. The average molecular weight is 344 g/mol. The van der Waals surface area contributed by atoms with Crippen LogP contribution < -0.4 is 5.32 Å². The van der Waals surface area contributed by atoms with Gasteiger partial charge < -0.3 is 5.32 Å². The first-order valence-electron chi connectivity index (χ1n) is 6.19. The van der Waals surface area contributed by atoms with E-state index in [-0.39, 0.29) is 28.5 Å². The summed E-state index contributed by atoms with van der Waals surface area (Å²) in [7, 11) is 0. The Morgan fingerprint density at radius 3 is 2.67 bits per heavy atom. The second-order valence-electron chi connectivity index (χ2n) is 4.77. The summed E-state index contributed by atoms with van der Waals surface area (Å²) < 4.78 is 14.0. The number of hydrogen-bond donors (Lipinski definition) is 1. The van der Waals surface area contributed by atoms with E-state index in [2.05, 4.69) is 10.3 Å². The molecule has 0 spiro atoms. The third kappa shape index (κ3) is 3.46. The van der Waals surface area contributed by atoms with E-state index in [9.17, 15) is 4.39 Å². The van der Waals surface area contributed by atoms with Crippen molar-refractivity contribution in [3.8, 4) is 6.07 Å². The Morgan fingerprint density at radius 2 is 2.14 bits per heavy atom. The summed E-state index contributed by atoms with van der Waals surface area (Å²) in [6.07, 6.45) is 0. The van der Waals surface area contributed by atoms with Gasteiger partial charge in [-0.3, -0.25) is 0 Å². The second-order valence-corrected chi connectivity index (χ2v) is 6.48. The Balaban J connectivity index is 2.37. The molecule has 0 saturated heterocycles. The van der Waals surface area contributed by atoms with Crippen LogP contribution in [0.2, 0.25) is 10.2 Å². The topological polar surface area (TPSA) is 48.7 Å². The van der Waals surface area contributed by atoms with Crippen molar-refractivity contribution in [2.75, 3.05) is 5.32 Å². The molecule has 7 heteroatoms. The van der Waals surface area contributed by atoms with Gasteiger partial charge in [-0.05, 0) is 23.4 Å². The first kappa shape index (κ1) is 16.0. The number of hydrogen-bond acceptors (Lipinski definition) is 4. The fourth-order valence-corrected chi connectivity index (χ4v) is 3.43. The molecule has 1 atom stereocenters. The van der Waals surface area contributed by atoms with Crippen LogP contribution in [-0.2, 0) is 0 Å². The van der Waals surface area contributed by atoms with Gasteiger partial charge in [0.25, 0.3) is 0 Å². The molecule has 0 aliphatic rings. The molecule has 21 heavy (non-hydrogen) atoms. The first-order valence-corrected chi connectivity index (χ1v) is 7.83. The molecular formula is C14H12Cl2FN3S. The number of halogens is 3. The number of rotatable bonds is 4. The molecule has 1 N–H and O–H groups in total. The number of nitrogens with one attached hydrogen (secondary N) is 1. The van der Waals surface area contributed by atoms with Crippen molar-refractivity contribution in [1.29, 1.82) is 5.26 Å². The van der Waals surface area contributed by atoms with Crippen molar-refractivity contribution in [1.82, 2.24) is 4.98 Å². The van der Waals surface area contributed by atoms with Gasteiger partial charge in [0.05, 0.1) is 16.6 Å². The van der Waals surface area contributed by atoms with E-state index < -0.39 is 5.82 Å². The molecule has 2 rings (SSSR count). The van der Waals surface area contributed by atoms with Gasteiger partial charge in [0.15, 0.2) is 11.6 Å². The molecular weight excluding hydrogens is 332 g/mol. The van der Waals surface area contributed by atoms with Crippen molar-refractivity contribution in [2.24, 2.45) is 5.92 Å². The third-order valence-corrected chi connectivity index (χ3v) is 4.67. The summed E-state index contributed by atoms with van der Waals surface area (Å²) in [4.78, 5) is 4.83. The van der Waals surface area contributed by atoms with Crippen LogP contribution in [0.1, 0.15) is 30.3 Å². The summed E-state index contributed by atoms with van der Waals surface area (Å²) in [6.45, 7) is 3.99. The van der Waals surface area contributed by atoms with Gasteiger partial charge in [0, 0.05) is 4.88 Å². The highest BCUT2D eigenvalue weighted by molar-refractivity contribution is 7.10. The molecule has 0 saturated carbocycles. The quantitative estimate of drug-likeness (QED) is 0.769. The van der Waals surface area contributed by atoms with E-state index in [0.717, 1.165) is 10.9 Å². The summed E-state index contributed by atoms with van der Waals surface area (Å²) in [5.74, 6) is -0.437. The number of nitrogens with zero attached hydrogens (tertiary/aromatic N) is 2. The van der Waals surface area contributed by atoms with Gasteiger partial charge >= 0.3 is 0 Å². The summed E-state index contributed by atoms with van der Waals surface area (Å²) in [6, 6.07) is 4.48. The lowest BCUT2D eigenvalue weighted by Crippen LogP contribution is -2.18. The van der Waals surface area contributed by atoms with Gasteiger partial charge in [-0.25, -0.2) is 9.37 Å². The Labute approximate surface area is 136 Å². The molecule has 110 valence electrons. The van der Waals surface area contributed by atoms with Crippen LogP contribution in [0.4, 0.5) is 10.2 Å². The lowest BCUT2D eigenvalue weighted by Gasteiger charge is -2.22. The van der Waals surface area contributed by atoms with Gasteiger partial charge in [-0.15, -0.1) is 11.3 Å². The molecule has 0 aliphatic carbocycles. The van der Waals surface area contributed by atoms with Crippen molar-refractivity contribution in [2.45, 2.75) is 19.9 Å². The van der Waals surface area contributed by atoms with Crippen LogP contribution in [0.5, 0.6) is 0 Å². The molecule has 0 aromatic carbocycles. The van der Waals surface area contributed by atoms with Crippen LogP contribution in [-0.4, -0.2) is 4.98 Å². The SMILES string of the molecule is CC(C)[C@H](Nc1nc(Cl)c(C#N)cc1F)c1sccc1Cl. The maximum Gasteiger partial charge on any atom is 0.166 e. The molecule has 0 bridgehead atoms. The summed E-state index contributed by atoms with van der Waals surface area (Å²) >= 11 is 13.5. The molecule has 2 aromatic heterocycles. The minimum Gasteiger partial charge on any atom is -0.360 e. The highest BCUT2D eigenvalue weighted by Crippen LogP contribution is 2.35. The minimum absolute atomic E-state index is 0.00923. The van der Waals surface area contributed by atoms with Crippen molar-refractivity contribution >= 4 is 40.4 Å². The van der Waals surface area contributed by atoms with Crippen LogP contribution in [0.15, 0.2) is 17.5 Å². The Hall–Kier alpha value is -1.35. The van der Waals surface area contributed by atoms with Crippen molar-refractivity contribution < 1.29 is 4.39 Å². The third-order valence-electron chi connectivity index (χ3n) is 2.94. The molecule has 0 amide bonds. The highest BCUT2D eigenvalue weighted by Gasteiger charge is 2.22. The van der Waals surface area contributed by atoms with E-state index >= 15 is 0 Å². The second kappa shape index (κ2) is 6.61. The van der Waals surface area contributed by atoms with E-state index in [4.69, 9.17) is 28.5 Å². The lowest BCUT2D eigenvalue weighted by atomic mass is 10.0. The highest BCUT2D eigenvalue weighted by atomic mass is 35.5. The lowest BCUT2D eigenvalue weighted by molar-refractivity contribution is 0.543. The van der Waals surface area contributed by atoms with Gasteiger partial charge in [-0.2, -0.15) is 5.26 Å². The number of thiophene rings is 1. The molecule has 0 unspecified atom stereocenters. The van der Waals surface area contributed by atoms with Crippen LogP contribution in [0, 0.1) is 23.1 Å². The normalized spacial score (nSPS) is 12.2. The van der Waals surface area contributed by atoms with Crippen LogP contribution in [0.3, 0.4) is 0 Å². The summed E-state index contributed by atoms with van der Waals surface area (Å²) in [5.41, 5.74) is 0.00923. The zero-order valence-corrected chi connectivity index (χ0v) is 13.7. The molecule has 3 nitrogen and oxygen atoms in total. The number of nitriles is 1. The van der Waals surface area contributed by atoms with Crippen LogP contribution >= 0.6 is 34.5 Å². The maximum absolute atomic E-state index is 14.0. The standard InChI is InChI=1S/C14H12Cl2FN3S/c1-7(2)11(12-9(15)3-4-21-12)19-14-10(17)5-8(6-18)13(16)20-14/h3-5,7,11H,1-2H3,(H,19,20)/t11-/m0/s1. The zero-order valence-electron chi connectivity index (χ0n) is 11.3. The summed E-state index contributed by atoms with van der Waals surface area (Å²) in [5, 5.41) is 14.3. The van der Waals surface area contributed by atoms with E-state index in [1.54, 1.807) is 12.1 Å². The predicted octanol–water partition coefficient (Wildman–Crippen LogP) is 5.27. The first-order chi connectivity index (χ1) is 9.93. The molecule has 0 aliphatic heterocycles. The number of anilines is 1. The van der Waals surface area contributed by atoms with Crippen LogP contribution in [0.25, 0.3) is 0 Å². The number of aromatic nitrogens is 1. The minimum atomic E-state index is -0.616.